The van der Waals surface area contributed by atoms with E-state index in [1.54, 1.807) is 19.1 Å². The molecule has 0 radical (unpaired) electrons. The molecule has 88 valence electrons. The van der Waals surface area contributed by atoms with Gasteiger partial charge in [0.25, 0.3) is 0 Å². The normalized spacial score (nSPS) is 14.2. The monoisotopic (exact) mass is 224 g/mol. The highest BCUT2D eigenvalue weighted by Crippen LogP contribution is 2.27. The second-order valence-electron chi connectivity index (χ2n) is 3.81. The van der Waals surface area contributed by atoms with Gasteiger partial charge in [-0.3, -0.25) is 4.79 Å². The molecule has 1 rings (SSSR count). The summed E-state index contributed by atoms with van der Waals surface area (Å²) in [6.07, 6.45) is -0.135. The molecule has 4 nitrogen and oxygen atoms in total. The molecule has 0 aromatic heterocycles. The minimum atomic E-state index is -1.33. The van der Waals surface area contributed by atoms with Gasteiger partial charge >= 0.3 is 5.97 Å². The van der Waals surface area contributed by atoms with Crippen molar-refractivity contribution in [3.63, 3.8) is 0 Å². The Labute approximate surface area is 94.5 Å². The van der Waals surface area contributed by atoms with Crippen LogP contribution in [0.2, 0.25) is 0 Å². The van der Waals surface area contributed by atoms with Crippen LogP contribution < -0.4 is 0 Å². The van der Waals surface area contributed by atoms with Gasteiger partial charge in [0, 0.05) is 0 Å². The molecule has 1 atom stereocenters. The van der Waals surface area contributed by atoms with Crippen LogP contribution in [-0.4, -0.2) is 22.8 Å². The second kappa shape index (κ2) is 4.99. The predicted molar refractivity (Wildman–Crippen MR) is 58.9 cm³/mol. The fourth-order valence-electron chi connectivity index (χ4n) is 1.44. The highest BCUT2D eigenvalue weighted by Gasteiger charge is 2.27. The molecule has 2 N–H and O–H groups in total. The van der Waals surface area contributed by atoms with E-state index in [-0.39, 0.29) is 18.8 Å². The molecule has 1 aromatic carbocycles. The van der Waals surface area contributed by atoms with Crippen molar-refractivity contribution in [3.05, 3.63) is 29.8 Å². The number of aromatic hydroxyl groups is 1. The number of aliphatic hydroxyl groups is 1. The molecule has 0 heterocycles. The summed E-state index contributed by atoms with van der Waals surface area (Å²) in [6.45, 7) is 3.51. The summed E-state index contributed by atoms with van der Waals surface area (Å²) >= 11 is 0. The van der Waals surface area contributed by atoms with Gasteiger partial charge in [0.05, 0.1) is 18.6 Å². The van der Waals surface area contributed by atoms with Crippen molar-refractivity contribution in [3.8, 4) is 5.75 Å². The van der Waals surface area contributed by atoms with Crippen molar-refractivity contribution in [2.75, 3.05) is 6.61 Å². The first kappa shape index (κ1) is 12.5. The SMILES string of the molecule is CCOC(=O)C[C@](C)(O)c1cccc(O)c1. The van der Waals surface area contributed by atoms with Crippen LogP contribution in [0.25, 0.3) is 0 Å². The van der Waals surface area contributed by atoms with Gasteiger partial charge < -0.3 is 14.9 Å². The molecular weight excluding hydrogens is 208 g/mol. The first-order valence-electron chi connectivity index (χ1n) is 5.13. The van der Waals surface area contributed by atoms with E-state index in [9.17, 15) is 15.0 Å². The van der Waals surface area contributed by atoms with Crippen molar-refractivity contribution >= 4 is 5.97 Å². The third-order valence-corrected chi connectivity index (χ3v) is 2.26. The highest BCUT2D eigenvalue weighted by atomic mass is 16.5. The lowest BCUT2D eigenvalue weighted by Crippen LogP contribution is -2.26. The van der Waals surface area contributed by atoms with E-state index in [0.29, 0.717) is 5.56 Å². The van der Waals surface area contributed by atoms with Gasteiger partial charge in [-0.15, -0.1) is 0 Å². The predicted octanol–water partition coefficient (Wildman–Crippen LogP) is 1.55. The third kappa shape index (κ3) is 3.24. The van der Waals surface area contributed by atoms with Gasteiger partial charge in [0.15, 0.2) is 0 Å². The van der Waals surface area contributed by atoms with Crippen LogP contribution in [0.15, 0.2) is 24.3 Å². The van der Waals surface area contributed by atoms with E-state index < -0.39 is 11.6 Å². The Morgan fingerprint density at radius 2 is 2.19 bits per heavy atom. The largest absolute Gasteiger partial charge is 0.508 e. The zero-order chi connectivity index (χ0) is 12.2. The molecule has 0 bridgehead atoms. The van der Waals surface area contributed by atoms with Gasteiger partial charge in [0.2, 0.25) is 0 Å². The summed E-state index contributed by atoms with van der Waals surface area (Å²) in [5, 5.41) is 19.4. The highest BCUT2D eigenvalue weighted by molar-refractivity contribution is 5.71. The number of carbonyl (C=O) groups excluding carboxylic acids is 1. The summed E-state index contributed by atoms with van der Waals surface area (Å²) in [4.78, 5) is 11.3. The summed E-state index contributed by atoms with van der Waals surface area (Å²) in [7, 11) is 0. The van der Waals surface area contributed by atoms with E-state index in [2.05, 4.69) is 0 Å². The average molecular weight is 224 g/mol. The maximum absolute atomic E-state index is 11.3. The molecule has 0 unspecified atom stereocenters. The van der Waals surface area contributed by atoms with Crippen molar-refractivity contribution < 1.29 is 19.7 Å². The minimum absolute atomic E-state index is 0.0571. The summed E-state index contributed by atoms with van der Waals surface area (Å²) < 4.78 is 4.77. The average Bonchev–Trinajstić information content (AvgIpc) is 2.17. The first-order valence-corrected chi connectivity index (χ1v) is 5.13. The van der Waals surface area contributed by atoms with Gasteiger partial charge in [0.1, 0.15) is 5.75 Å². The van der Waals surface area contributed by atoms with E-state index in [4.69, 9.17) is 4.74 Å². The number of rotatable bonds is 4. The number of ether oxygens (including phenoxy) is 1. The molecule has 0 aliphatic carbocycles. The fourth-order valence-corrected chi connectivity index (χ4v) is 1.44. The molecule has 4 heteroatoms. The Balaban J connectivity index is 2.81. The number of esters is 1. The number of carbonyl (C=O) groups is 1. The first-order chi connectivity index (χ1) is 7.45. The fraction of sp³-hybridized carbons (Fsp3) is 0.417. The van der Waals surface area contributed by atoms with Gasteiger partial charge in [-0.1, -0.05) is 12.1 Å². The van der Waals surface area contributed by atoms with Crippen LogP contribution in [0.3, 0.4) is 0 Å². The molecule has 0 saturated heterocycles. The Morgan fingerprint density at radius 1 is 1.50 bits per heavy atom. The molecule has 0 saturated carbocycles. The maximum atomic E-state index is 11.3. The number of phenolic OH excluding ortho intramolecular Hbond substituents is 1. The van der Waals surface area contributed by atoms with Crippen molar-refractivity contribution in [2.45, 2.75) is 25.9 Å². The van der Waals surface area contributed by atoms with E-state index >= 15 is 0 Å². The van der Waals surface area contributed by atoms with Gasteiger partial charge in [-0.25, -0.2) is 0 Å². The van der Waals surface area contributed by atoms with Crippen LogP contribution in [0.1, 0.15) is 25.8 Å². The zero-order valence-electron chi connectivity index (χ0n) is 9.43. The van der Waals surface area contributed by atoms with Gasteiger partial charge in [-0.2, -0.15) is 0 Å². The quantitative estimate of drug-likeness (QED) is 0.761. The van der Waals surface area contributed by atoms with E-state index in [1.807, 2.05) is 0 Å². The molecule has 16 heavy (non-hydrogen) atoms. The summed E-state index contributed by atoms with van der Waals surface area (Å²) in [6, 6.07) is 6.20. The molecule has 0 aliphatic heterocycles. The Hall–Kier alpha value is -1.55. The second-order valence-corrected chi connectivity index (χ2v) is 3.81. The minimum Gasteiger partial charge on any atom is -0.508 e. The number of benzene rings is 1. The standard InChI is InChI=1S/C12H16O4/c1-3-16-11(14)8-12(2,15)9-5-4-6-10(13)7-9/h4-7,13,15H,3,8H2,1-2H3/t12-/m0/s1. The summed E-state index contributed by atoms with van der Waals surface area (Å²) in [5.74, 6) is -0.405. The maximum Gasteiger partial charge on any atom is 0.309 e. The van der Waals surface area contributed by atoms with Crippen molar-refractivity contribution in [1.29, 1.82) is 0 Å². The Morgan fingerprint density at radius 3 is 2.75 bits per heavy atom. The van der Waals surface area contributed by atoms with Crippen LogP contribution in [-0.2, 0) is 15.1 Å². The molecule has 0 aliphatic rings. The van der Waals surface area contributed by atoms with Crippen molar-refractivity contribution in [2.24, 2.45) is 0 Å². The van der Waals surface area contributed by atoms with Crippen molar-refractivity contribution in [1.82, 2.24) is 0 Å². The number of hydrogen-bond donors (Lipinski definition) is 2. The molecule has 0 spiro atoms. The molecule has 1 aromatic rings. The Kier molecular flexibility index (Phi) is 3.90. The van der Waals surface area contributed by atoms with Crippen LogP contribution in [0.5, 0.6) is 5.75 Å². The van der Waals surface area contributed by atoms with Gasteiger partial charge in [-0.05, 0) is 31.5 Å². The van der Waals surface area contributed by atoms with E-state index in [1.165, 1.54) is 19.1 Å². The molecule has 0 fully saturated rings. The lowest BCUT2D eigenvalue weighted by atomic mass is 9.92. The zero-order valence-corrected chi connectivity index (χ0v) is 9.43. The third-order valence-electron chi connectivity index (χ3n) is 2.26. The lowest BCUT2D eigenvalue weighted by Gasteiger charge is -2.22. The van der Waals surface area contributed by atoms with E-state index in [0.717, 1.165) is 0 Å². The van der Waals surface area contributed by atoms with Crippen LogP contribution in [0.4, 0.5) is 0 Å². The lowest BCUT2D eigenvalue weighted by molar-refractivity contribution is -0.148. The summed E-state index contributed by atoms with van der Waals surface area (Å²) in [5.41, 5.74) is -0.842. The van der Waals surface area contributed by atoms with Crippen LogP contribution >= 0.6 is 0 Å². The molecule has 0 amide bonds. The topological polar surface area (TPSA) is 66.8 Å². The van der Waals surface area contributed by atoms with Crippen LogP contribution in [0, 0.1) is 0 Å². The number of hydrogen-bond acceptors (Lipinski definition) is 4. The number of phenols is 1. The molecular formula is C12H16O4. The smallest absolute Gasteiger partial charge is 0.309 e. The Bertz CT molecular complexity index is 371.